The van der Waals surface area contributed by atoms with Gasteiger partial charge in [0.25, 0.3) is 0 Å². The van der Waals surface area contributed by atoms with E-state index in [2.05, 4.69) is 47.6 Å². The molecule has 0 amide bonds. The second-order valence-electron chi connectivity index (χ2n) is 6.35. The minimum atomic E-state index is -0.283. The largest absolute Gasteiger partial charge is 0.462 e. The van der Waals surface area contributed by atoms with E-state index in [9.17, 15) is 4.79 Å². The minimum absolute atomic E-state index is 0.133. The Hall–Kier alpha value is -2.14. The first-order valence-corrected chi connectivity index (χ1v) is 9.15. The Balaban J connectivity index is 1.67. The lowest BCUT2D eigenvalue weighted by molar-refractivity contribution is 0.0532. The normalized spacial score (nSPS) is 24.2. The monoisotopic (exact) mass is 340 g/mol. The van der Waals surface area contributed by atoms with Crippen molar-refractivity contribution in [3.8, 4) is 0 Å². The van der Waals surface area contributed by atoms with Gasteiger partial charge >= 0.3 is 5.97 Å². The van der Waals surface area contributed by atoms with Crippen LogP contribution in [0.2, 0.25) is 0 Å². The average molecular weight is 340 g/mol. The molecule has 4 nitrogen and oxygen atoms in total. The van der Waals surface area contributed by atoms with Gasteiger partial charge in [-0.05, 0) is 37.8 Å². The summed E-state index contributed by atoms with van der Waals surface area (Å²) in [5.74, 6) is 0.579. The van der Waals surface area contributed by atoms with Gasteiger partial charge in [0.1, 0.15) is 9.88 Å². The lowest BCUT2D eigenvalue weighted by Crippen LogP contribution is -2.29. The summed E-state index contributed by atoms with van der Waals surface area (Å²) in [7, 11) is 0. The van der Waals surface area contributed by atoms with Gasteiger partial charge in [-0.1, -0.05) is 29.8 Å². The number of carbonyl (C=O) groups is 1. The summed E-state index contributed by atoms with van der Waals surface area (Å²) >= 11 is 1.44. The summed E-state index contributed by atoms with van der Waals surface area (Å²) in [5, 5.41) is 4.61. The van der Waals surface area contributed by atoms with Gasteiger partial charge in [-0.15, -0.1) is 11.3 Å². The van der Waals surface area contributed by atoms with Crippen LogP contribution in [0.1, 0.15) is 51.1 Å². The van der Waals surface area contributed by atoms with Gasteiger partial charge in [-0.3, -0.25) is 0 Å². The fourth-order valence-corrected chi connectivity index (χ4v) is 4.63. The van der Waals surface area contributed by atoms with Crippen molar-refractivity contribution in [3.63, 3.8) is 0 Å². The van der Waals surface area contributed by atoms with E-state index in [0.717, 1.165) is 11.4 Å². The Kier molecular flexibility index (Phi) is 3.88. The number of aromatic nitrogens is 1. The molecule has 5 heteroatoms. The van der Waals surface area contributed by atoms with Crippen molar-refractivity contribution < 1.29 is 9.53 Å². The Morgan fingerprint density at radius 1 is 1.46 bits per heavy atom. The van der Waals surface area contributed by atoms with Crippen molar-refractivity contribution in [2.45, 2.75) is 32.2 Å². The molecule has 0 spiro atoms. The van der Waals surface area contributed by atoms with Gasteiger partial charge < -0.3 is 10.1 Å². The zero-order valence-electron chi connectivity index (χ0n) is 13.8. The molecule has 1 aromatic carbocycles. The van der Waals surface area contributed by atoms with Gasteiger partial charge in [-0.25, -0.2) is 9.78 Å². The molecule has 1 aliphatic carbocycles. The molecule has 2 aromatic rings. The molecule has 4 rings (SSSR count). The number of aryl methyl sites for hydroxylation is 1. The predicted molar refractivity (Wildman–Crippen MR) is 95.6 cm³/mol. The maximum atomic E-state index is 11.9. The van der Waals surface area contributed by atoms with Crippen LogP contribution in [0.25, 0.3) is 0 Å². The molecule has 2 aliphatic rings. The number of hydrogen-bond acceptors (Lipinski definition) is 5. The van der Waals surface area contributed by atoms with E-state index < -0.39 is 0 Å². The lowest BCUT2D eigenvalue weighted by atomic mass is 9.79. The molecule has 1 aliphatic heterocycles. The number of carbonyl (C=O) groups excluding carboxylic acids is 1. The second-order valence-corrected chi connectivity index (χ2v) is 7.41. The van der Waals surface area contributed by atoms with Crippen LogP contribution in [-0.2, 0) is 4.74 Å². The van der Waals surface area contributed by atoms with Gasteiger partial charge in [0.05, 0.1) is 18.8 Å². The maximum absolute atomic E-state index is 11.9. The Morgan fingerprint density at radius 3 is 3.17 bits per heavy atom. The number of allylic oxidation sites excluding steroid dienone is 2. The molecule has 1 aromatic heterocycles. The van der Waals surface area contributed by atoms with Crippen LogP contribution >= 0.6 is 11.3 Å². The summed E-state index contributed by atoms with van der Waals surface area (Å²) < 4.78 is 5.08. The van der Waals surface area contributed by atoms with Gasteiger partial charge in [0, 0.05) is 11.6 Å². The smallest absolute Gasteiger partial charge is 0.349 e. The van der Waals surface area contributed by atoms with E-state index in [1.54, 1.807) is 6.20 Å². The van der Waals surface area contributed by atoms with Gasteiger partial charge in [0.2, 0.25) is 0 Å². The van der Waals surface area contributed by atoms with Gasteiger partial charge in [0.15, 0.2) is 0 Å². The van der Waals surface area contributed by atoms with Crippen molar-refractivity contribution in [1.29, 1.82) is 0 Å². The maximum Gasteiger partial charge on any atom is 0.349 e. The first-order chi connectivity index (χ1) is 11.7. The molecule has 1 N–H and O–H groups in total. The zero-order chi connectivity index (χ0) is 16.7. The van der Waals surface area contributed by atoms with E-state index in [1.807, 2.05) is 6.92 Å². The van der Waals surface area contributed by atoms with Crippen LogP contribution < -0.4 is 5.32 Å². The number of fused-ring (bicyclic) bond motifs is 3. The third kappa shape index (κ3) is 2.53. The van der Waals surface area contributed by atoms with Crippen molar-refractivity contribution in [3.05, 3.63) is 57.6 Å². The topological polar surface area (TPSA) is 51.2 Å². The highest BCUT2D eigenvalue weighted by atomic mass is 32.1. The number of esters is 1. The third-order valence-electron chi connectivity index (χ3n) is 4.78. The van der Waals surface area contributed by atoms with Crippen LogP contribution in [0.5, 0.6) is 0 Å². The Morgan fingerprint density at radius 2 is 2.33 bits per heavy atom. The number of rotatable bonds is 3. The fourth-order valence-electron chi connectivity index (χ4n) is 3.69. The van der Waals surface area contributed by atoms with Crippen molar-refractivity contribution in [2.24, 2.45) is 5.92 Å². The van der Waals surface area contributed by atoms with Crippen LogP contribution in [0.4, 0.5) is 5.69 Å². The fraction of sp³-hybridized carbons (Fsp3) is 0.368. The van der Waals surface area contributed by atoms with Crippen LogP contribution in [0.3, 0.4) is 0 Å². The number of hydrogen-bond donors (Lipinski definition) is 1. The predicted octanol–water partition coefficient (Wildman–Crippen LogP) is 4.45. The molecule has 0 fully saturated rings. The number of ether oxygens (including phenoxy) is 1. The molecule has 3 atom stereocenters. The molecular weight excluding hydrogens is 320 g/mol. The zero-order valence-corrected chi connectivity index (χ0v) is 14.6. The third-order valence-corrected chi connectivity index (χ3v) is 5.84. The van der Waals surface area contributed by atoms with Crippen LogP contribution in [-0.4, -0.2) is 17.6 Å². The van der Waals surface area contributed by atoms with Crippen LogP contribution in [0.15, 0.2) is 36.5 Å². The first kappa shape index (κ1) is 15.4. The SMILES string of the molecule is CCOC(=O)c1cnc([C@@H]2Nc3ccc(C)cc3[C@@H]3C=CC[C@@H]32)s1. The molecule has 24 heavy (non-hydrogen) atoms. The molecule has 0 saturated carbocycles. The van der Waals surface area contributed by atoms with Crippen molar-refractivity contribution in [2.75, 3.05) is 11.9 Å². The first-order valence-electron chi connectivity index (χ1n) is 8.34. The summed E-state index contributed by atoms with van der Waals surface area (Å²) in [6.45, 7) is 4.33. The number of benzene rings is 1. The highest BCUT2D eigenvalue weighted by Gasteiger charge is 2.39. The standard InChI is InChI=1S/C19H20N2O2S/c1-3-23-19(22)16-10-20-18(24-16)17-13-6-4-5-12(13)14-9-11(2)7-8-15(14)21-17/h4-5,7-10,12-13,17,21H,3,6H2,1-2H3/t12-,13+,17-/m1/s1. The number of thiazole rings is 1. The van der Waals surface area contributed by atoms with E-state index in [-0.39, 0.29) is 12.0 Å². The summed E-state index contributed by atoms with van der Waals surface area (Å²) in [6, 6.07) is 6.69. The van der Waals surface area contributed by atoms with Crippen LogP contribution in [0, 0.1) is 12.8 Å². The van der Waals surface area contributed by atoms with Crippen molar-refractivity contribution >= 4 is 23.0 Å². The van der Waals surface area contributed by atoms with Crippen molar-refractivity contribution in [1.82, 2.24) is 4.98 Å². The van der Waals surface area contributed by atoms with E-state index in [0.29, 0.717) is 23.3 Å². The highest BCUT2D eigenvalue weighted by molar-refractivity contribution is 7.13. The number of nitrogens with zero attached hydrogens (tertiary/aromatic N) is 1. The van der Waals surface area contributed by atoms with Gasteiger partial charge in [-0.2, -0.15) is 0 Å². The summed E-state index contributed by atoms with van der Waals surface area (Å²) in [6.07, 6.45) is 7.25. The second kappa shape index (κ2) is 6.06. The molecule has 0 unspecified atom stereocenters. The van der Waals surface area contributed by atoms with E-state index >= 15 is 0 Å². The summed E-state index contributed by atoms with van der Waals surface area (Å²) in [4.78, 5) is 17.0. The highest BCUT2D eigenvalue weighted by Crippen LogP contribution is 2.50. The van der Waals surface area contributed by atoms with E-state index in [1.165, 1.54) is 28.2 Å². The number of anilines is 1. The van der Waals surface area contributed by atoms with E-state index in [4.69, 9.17) is 4.74 Å². The minimum Gasteiger partial charge on any atom is -0.462 e. The lowest BCUT2D eigenvalue weighted by Gasteiger charge is -2.36. The molecule has 0 radical (unpaired) electrons. The average Bonchev–Trinajstić information content (AvgIpc) is 3.24. The molecule has 2 heterocycles. The number of nitrogens with one attached hydrogen (secondary N) is 1. The Bertz CT molecular complexity index is 811. The molecular formula is C19H20N2O2S. The quantitative estimate of drug-likeness (QED) is 0.662. The Labute approximate surface area is 145 Å². The molecule has 0 saturated heterocycles. The molecule has 0 bridgehead atoms. The summed E-state index contributed by atoms with van der Waals surface area (Å²) in [5.41, 5.74) is 3.82. The molecule has 124 valence electrons.